The second kappa shape index (κ2) is 12.5. The van der Waals surface area contributed by atoms with E-state index in [0.717, 1.165) is 25.7 Å². The lowest BCUT2D eigenvalue weighted by Crippen LogP contribution is -2.59. The van der Waals surface area contributed by atoms with Crippen LogP contribution < -0.4 is 10.6 Å². The van der Waals surface area contributed by atoms with E-state index in [9.17, 15) is 9.59 Å². The number of halogens is 2. The molecule has 0 aromatic carbocycles. The second-order valence-electron chi connectivity index (χ2n) is 16.5. The van der Waals surface area contributed by atoms with Crippen molar-refractivity contribution in [3.05, 3.63) is 11.7 Å². The van der Waals surface area contributed by atoms with Gasteiger partial charge in [-0.2, -0.15) is 0 Å². The van der Waals surface area contributed by atoms with Gasteiger partial charge in [0.1, 0.15) is 23.9 Å². The second-order valence-corrected chi connectivity index (χ2v) is 16.5. The molecule has 8 heteroatoms. The van der Waals surface area contributed by atoms with E-state index in [1.54, 1.807) is 0 Å². The van der Waals surface area contributed by atoms with E-state index in [1.165, 1.54) is 0 Å². The first-order chi connectivity index (χ1) is 19.3. The molecule has 240 valence electrons. The van der Waals surface area contributed by atoms with Gasteiger partial charge < -0.3 is 20.1 Å². The largest absolute Gasteiger partial charge is 0.462 e. The third-order valence-corrected chi connectivity index (χ3v) is 9.94. The van der Waals surface area contributed by atoms with Crippen LogP contribution in [0.2, 0.25) is 0 Å². The van der Waals surface area contributed by atoms with E-state index in [1.807, 2.05) is 0 Å². The minimum absolute atomic E-state index is 0.114. The molecule has 0 atom stereocenters. The van der Waals surface area contributed by atoms with Crippen LogP contribution >= 0.6 is 0 Å². The molecular formula is C34H56F2N2O4. The number of hydrogen-bond acceptors (Lipinski definition) is 6. The van der Waals surface area contributed by atoms with Gasteiger partial charge in [-0.3, -0.25) is 9.59 Å². The molecule has 0 aromatic heterocycles. The average molecular weight is 595 g/mol. The fraction of sp³-hybridized carbons (Fsp3) is 0.882. The number of piperidine rings is 2. The summed E-state index contributed by atoms with van der Waals surface area (Å²) in [6, 6.07) is 0. The molecule has 4 rings (SSSR count). The Balaban J connectivity index is 1.23. The molecule has 0 bridgehead atoms. The Hall–Kier alpha value is -1.54. The standard InChI is InChI=1S/C34H56F2N2O4/c1-31(2)17-25(18-32(3,4)37-31)41-29(39)23-13-9-21(10-14-23)27(35)28(36)22-11-15-24(16-12-22)30(40)42-26-19-33(5,6)38-34(7,8)20-26/h21-26,37-38H,9-20H2,1-8H3/b28-27+. The summed E-state index contributed by atoms with van der Waals surface area (Å²) in [7, 11) is 0. The fourth-order valence-electron chi connectivity index (χ4n) is 8.70. The van der Waals surface area contributed by atoms with Crippen molar-refractivity contribution in [3.63, 3.8) is 0 Å². The van der Waals surface area contributed by atoms with Crippen molar-refractivity contribution in [1.29, 1.82) is 0 Å². The normalized spacial score (nSPS) is 33.8. The predicted octanol–water partition coefficient (Wildman–Crippen LogP) is 7.45. The number of nitrogens with one attached hydrogen (secondary N) is 2. The van der Waals surface area contributed by atoms with Gasteiger partial charge in [-0.1, -0.05) is 0 Å². The van der Waals surface area contributed by atoms with Crippen molar-refractivity contribution in [3.8, 4) is 0 Å². The van der Waals surface area contributed by atoms with Gasteiger partial charge >= 0.3 is 11.9 Å². The Morgan fingerprint density at radius 3 is 1.00 bits per heavy atom. The Kier molecular flexibility index (Phi) is 9.89. The number of esters is 2. The van der Waals surface area contributed by atoms with Crippen molar-refractivity contribution in [2.24, 2.45) is 23.7 Å². The first kappa shape index (κ1) is 33.4. The van der Waals surface area contributed by atoms with Crippen molar-refractivity contribution >= 4 is 11.9 Å². The van der Waals surface area contributed by atoms with Crippen LogP contribution in [0.5, 0.6) is 0 Å². The number of ether oxygens (including phenoxy) is 2. The van der Waals surface area contributed by atoms with E-state index in [-0.39, 0.29) is 58.1 Å². The van der Waals surface area contributed by atoms with Crippen LogP contribution in [0.4, 0.5) is 8.78 Å². The monoisotopic (exact) mass is 594 g/mol. The number of carbonyl (C=O) groups excluding carboxylic acids is 2. The van der Waals surface area contributed by atoms with Crippen LogP contribution in [0.25, 0.3) is 0 Å². The first-order valence-electron chi connectivity index (χ1n) is 16.4. The Morgan fingerprint density at radius 2 is 0.738 bits per heavy atom. The van der Waals surface area contributed by atoms with Crippen LogP contribution in [0.1, 0.15) is 132 Å². The smallest absolute Gasteiger partial charge is 0.309 e. The van der Waals surface area contributed by atoms with Crippen molar-refractivity contribution < 1.29 is 27.8 Å². The number of allylic oxidation sites excluding steroid dienone is 2. The van der Waals surface area contributed by atoms with Crippen molar-refractivity contribution in [2.75, 3.05) is 0 Å². The zero-order chi connectivity index (χ0) is 31.1. The molecule has 4 fully saturated rings. The predicted molar refractivity (Wildman–Crippen MR) is 161 cm³/mol. The van der Waals surface area contributed by atoms with Crippen LogP contribution in [0.3, 0.4) is 0 Å². The summed E-state index contributed by atoms with van der Waals surface area (Å²) in [5.41, 5.74) is -0.457. The van der Waals surface area contributed by atoms with E-state index in [4.69, 9.17) is 9.47 Å². The van der Waals surface area contributed by atoms with Gasteiger partial charge in [-0.25, -0.2) is 8.78 Å². The molecule has 0 aromatic rings. The van der Waals surface area contributed by atoms with E-state index >= 15 is 8.78 Å². The highest BCUT2D eigenvalue weighted by atomic mass is 19.2. The molecule has 6 nitrogen and oxygen atoms in total. The Morgan fingerprint density at radius 1 is 0.500 bits per heavy atom. The van der Waals surface area contributed by atoms with Gasteiger partial charge in [-0.15, -0.1) is 0 Å². The highest BCUT2D eigenvalue weighted by Crippen LogP contribution is 2.42. The van der Waals surface area contributed by atoms with Crippen LogP contribution in [-0.4, -0.2) is 46.3 Å². The molecule has 0 radical (unpaired) electrons. The Labute approximate surface area is 252 Å². The quantitative estimate of drug-likeness (QED) is 0.311. The SMILES string of the molecule is CC1(C)CC(OC(=O)C2CCC(/C(F)=C(\F)C3CCC(C(=O)OC4CC(C)(C)NC(C)(C)C4)CC3)CC2)CC(C)(C)N1. The minimum Gasteiger partial charge on any atom is -0.462 e. The van der Waals surface area contributed by atoms with Gasteiger partial charge in [0.15, 0.2) is 0 Å². The van der Waals surface area contributed by atoms with E-state index < -0.39 is 23.5 Å². The van der Waals surface area contributed by atoms with E-state index in [0.29, 0.717) is 51.4 Å². The number of hydrogen-bond donors (Lipinski definition) is 2. The summed E-state index contributed by atoms with van der Waals surface area (Å²) in [5.74, 6) is -3.16. The molecule has 2 heterocycles. The summed E-state index contributed by atoms with van der Waals surface area (Å²) in [6.45, 7) is 17.0. The molecule has 0 unspecified atom stereocenters. The maximum atomic E-state index is 15.3. The molecule has 2 aliphatic heterocycles. The molecule has 42 heavy (non-hydrogen) atoms. The lowest BCUT2D eigenvalue weighted by Gasteiger charge is -2.46. The molecule has 0 amide bonds. The zero-order valence-corrected chi connectivity index (χ0v) is 27.3. The fourth-order valence-corrected chi connectivity index (χ4v) is 8.70. The maximum absolute atomic E-state index is 15.3. The van der Waals surface area contributed by atoms with E-state index in [2.05, 4.69) is 66.0 Å². The van der Waals surface area contributed by atoms with Crippen LogP contribution in [0.15, 0.2) is 11.7 Å². The molecule has 0 spiro atoms. The van der Waals surface area contributed by atoms with Gasteiger partial charge in [0.05, 0.1) is 11.8 Å². The summed E-state index contributed by atoms with van der Waals surface area (Å²) < 4.78 is 42.5. The number of carbonyl (C=O) groups is 2. The van der Waals surface area contributed by atoms with Gasteiger partial charge in [-0.05, 0) is 107 Å². The highest BCUT2D eigenvalue weighted by molar-refractivity contribution is 5.73. The topological polar surface area (TPSA) is 76.7 Å². The maximum Gasteiger partial charge on any atom is 0.309 e. The Bertz CT molecular complexity index is 909. The first-order valence-corrected chi connectivity index (χ1v) is 16.4. The van der Waals surface area contributed by atoms with Gasteiger partial charge in [0.2, 0.25) is 0 Å². The highest BCUT2D eigenvalue weighted by Gasteiger charge is 2.42. The van der Waals surface area contributed by atoms with Crippen molar-refractivity contribution in [1.82, 2.24) is 10.6 Å². The summed E-state index contributed by atoms with van der Waals surface area (Å²) >= 11 is 0. The third-order valence-electron chi connectivity index (χ3n) is 9.94. The molecule has 2 aliphatic carbocycles. The lowest BCUT2D eigenvalue weighted by molar-refractivity contribution is -0.160. The molecule has 2 saturated carbocycles. The molecule has 2 saturated heterocycles. The zero-order valence-electron chi connectivity index (χ0n) is 27.3. The van der Waals surface area contributed by atoms with Crippen LogP contribution in [-0.2, 0) is 19.1 Å². The minimum atomic E-state index is -0.645. The number of rotatable bonds is 6. The summed E-state index contributed by atoms with van der Waals surface area (Å²) in [4.78, 5) is 25.9. The summed E-state index contributed by atoms with van der Waals surface area (Å²) in [6.07, 6.45) is 6.64. The van der Waals surface area contributed by atoms with Crippen molar-refractivity contribution in [2.45, 2.75) is 167 Å². The molecule has 2 N–H and O–H groups in total. The van der Waals surface area contributed by atoms with Gasteiger partial charge in [0, 0.05) is 59.7 Å². The molecular weight excluding hydrogens is 538 g/mol. The third kappa shape index (κ3) is 8.77. The van der Waals surface area contributed by atoms with Crippen LogP contribution in [0, 0.1) is 23.7 Å². The molecule has 4 aliphatic rings. The lowest BCUT2D eigenvalue weighted by atomic mass is 9.77. The van der Waals surface area contributed by atoms with Gasteiger partial charge in [0.25, 0.3) is 0 Å². The average Bonchev–Trinajstić information content (AvgIpc) is 2.84. The summed E-state index contributed by atoms with van der Waals surface area (Å²) in [5, 5.41) is 7.20.